The SMILES string of the molecule is Cc1ccc(N(C)S(=O)(=O)c2cc(-c3nc(C)c(C(=O)N4CCOCC4)s3)n(C)c2C)cc1. The lowest BCUT2D eigenvalue weighted by atomic mass is 10.2. The number of aromatic nitrogens is 2. The third-order valence-electron chi connectivity index (χ3n) is 6.03. The van der Waals surface area contributed by atoms with Crippen molar-refractivity contribution in [3.05, 3.63) is 52.2 Å². The van der Waals surface area contributed by atoms with Crippen LogP contribution in [-0.4, -0.2) is 62.1 Å². The van der Waals surface area contributed by atoms with Gasteiger partial charge in [-0.3, -0.25) is 9.10 Å². The molecule has 1 amide bonds. The summed E-state index contributed by atoms with van der Waals surface area (Å²) in [6.45, 7) is 7.73. The van der Waals surface area contributed by atoms with Crippen LogP contribution in [0.2, 0.25) is 0 Å². The second-order valence-electron chi connectivity index (χ2n) is 8.18. The maximum atomic E-state index is 13.4. The number of thiazole rings is 1. The van der Waals surface area contributed by atoms with E-state index in [1.807, 2.05) is 37.6 Å². The number of amides is 1. The van der Waals surface area contributed by atoms with E-state index >= 15 is 0 Å². The highest BCUT2D eigenvalue weighted by Crippen LogP contribution is 2.34. The molecule has 8 nitrogen and oxygen atoms in total. The Kier molecular flexibility index (Phi) is 6.35. The van der Waals surface area contributed by atoms with Crippen molar-refractivity contribution in [2.75, 3.05) is 37.7 Å². The molecule has 0 bridgehead atoms. The van der Waals surface area contributed by atoms with E-state index in [0.29, 0.717) is 59.0 Å². The summed E-state index contributed by atoms with van der Waals surface area (Å²) in [4.78, 5) is 20.2. The Labute approximate surface area is 198 Å². The topological polar surface area (TPSA) is 84.7 Å². The molecule has 33 heavy (non-hydrogen) atoms. The van der Waals surface area contributed by atoms with E-state index in [2.05, 4.69) is 4.98 Å². The number of sulfonamides is 1. The van der Waals surface area contributed by atoms with E-state index in [0.717, 1.165) is 5.56 Å². The first-order valence-corrected chi connectivity index (χ1v) is 12.9. The van der Waals surface area contributed by atoms with Gasteiger partial charge in [-0.2, -0.15) is 0 Å². The van der Waals surface area contributed by atoms with Crippen molar-refractivity contribution in [1.29, 1.82) is 0 Å². The zero-order valence-corrected chi connectivity index (χ0v) is 21.1. The summed E-state index contributed by atoms with van der Waals surface area (Å²) in [5.74, 6) is -0.0579. The van der Waals surface area contributed by atoms with Crippen molar-refractivity contribution >= 4 is 33.0 Å². The predicted octanol–water partition coefficient (Wildman–Crippen LogP) is 3.37. The molecule has 3 aromatic rings. The van der Waals surface area contributed by atoms with Crippen LogP contribution < -0.4 is 4.31 Å². The van der Waals surface area contributed by atoms with Crippen LogP contribution in [0.25, 0.3) is 10.7 Å². The van der Waals surface area contributed by atoms with Crippen molar-refractivity contribution in [3.63, 3.8) is 0 Å². The summed E-state index contributed by atoms with van der Waals surface area (Å²) in [5, 5.41) is 0.620. The standard InChI is InChI=1S/C23H28N4O4S2/c1-15-6-8-18(9-7-15)26(5)33(29,30)20-14-19(25(4)17(20)3)22-24-16(2)21(32-22)23(28)27-10-12-31-13-11-27/h6-9,14H,10-13H2,1-5H3. The van der Waals surface area contributed by atoms with Crippen LogP contribution in [0.15, 0.2) is 35.2 Å². The molecule has 0 unspecified atom stereocenters. The van der Waals surface area contributed by atoms with E-state index < -0.39 is 10.0 Å². The minimum Gasteiger partial charge on any atom is -0.378 e. The molecule has 1 saturated heterocycles. The molecule has 10 heteroatoms. The second-order valence-corrected chi connectivity index (χ2v) is 11.1. The van der Waals surface area contributed by atoms with Gasteiger partial charge < -0.3 is 14.2 Å². The van der Waals surface area contributed by atoms with Crippen molar-refractivity contribution in [3.8, 4) is 10.7 Å². The summed E-state index contributed by atoms with van der Waals surface area (Å²) >= 11 is 1.30. The lowest BCUT2D eigenvalue weighted by Crippen LogP contribution is -2.40. The van der Waals surface area contributed by atoms with E-state index in [1.165, 1.54) is 15.6 Å². The van der Waals surface area contributed by atoms with Crippen molar-refractivity contribution in [2.24, 2.45) is 7.05 Å². The number of hydrogen-bond donors (Lipinski definition) is 0. The molecule has 3 heterocycles. The van der Waals surface area contributed by atoms with E-state index in [1.54, 1.807) is 37.1 Å². The van der Waals surface area contributed by atoms with Crippen LogP contribution in [-0.2, 0) is 21.8 Å². The molecule has 0 aliphatic carbocycles. The number of carbonyl (C=O) groups is 1. The summed E-state index contributed by atoms with van der Waals surface area (Å²) < 4.78 is 35.3. The molecule has 1 fully saturated rings. The highest BCUT2D eigenvalue weighted by Gasteiger charge is 2.29. The quantitative estimate of drug-likeness (QED) is 0.550. The van der Waals surface area contributed by atoms with Gasteiger partial charge in [0.05, 0.1) is 30.3 Å². The molecule has 1 aromatic carbocycles. The normalized spacial score (nSPS) is 14.5. The monoisotopic (exact) mass is 488 g/mol. The highest BCUT2D eigenvalue weighted by molar-refractivity contribution is 7.92. The van der Waals surface area contributed by atoms with Gasteiger partial charge in [-0.1, -0.05) is 17.7 Å². The summed E-state index contributed by atoms with van der Waals surface area (Å²) in [6, 6.07) is 9.00. The second kappa shape index (κ2) is 8.92. The largest absolute Gasteiger partial charge is 0.378 e. The molecule has 4 rings (SSSR count). The van der Waals surface area contributed by atoms with Crippen LogP contribution in [0.4, 0.5) is 5.69 Å². The van der Waals surface area contributed by atoms with Crippen LogP contribution >= 0.6 is 11.3 Å². The fraction of sp³-hybridized carbons (Fsp3) is 0.391. The lowest BCUT2D eigenvalue weighted by Gasteiger charge is -2.26. The number of rotatable bonds is 5. The van der Waals surface area contributed by atoms with Crippen LogP contribution in [0.1, 0.15) is 26.6 Å². The lowest BCUT2D eigenvalue weighted by molar-refractivity contribution is 0.0305. The van der Waals surface area contributed by atoms with E-state index in [9.17, 15) is 13.2 Å². The first-order chi connectivity index (χ1) is 15.6. The van der Waals surface area contributed by atoms with E-state index in [4.69, 9.17) is 4.74 Å². The Hall–Kier alpha value is -2.69. The summed E-state index contributed by atoms with van der Waals surface area (Å²) in [7, 11) is -0.412. The number of morpholine rings is 1. The molecule has 0 spiro atoms. The molecule has 2 aromatic heterocycles. The van der Waals surface area contributed by atoms with Gasteiger partial charge in [0.2, 0.25) is 0 Å². The molecule has 0 saturated carbocycles. The number of anilines is 1. The van der Waals surface area contributed by atoms with Crippen molar-refractivity contribution in [2.45, 2.75) is 25.7 Å². The highest BCUT2D eigenvalue weighted by atomic mass is 32.2. The van der Waals surface area contributed by atoms with Gasteiger partial charge in [-0.25, -0.2) is 13.4 Å². The molecule has 1 aliphatic rings. The van der Waals surface area contributed by atoms with Gasteiger partial charge in [0, 0.05) is 32.9 Å². The third-order valence-corrected chi connectivity index (χ3v) is 9.10. The van der Waals surface area contributed by atoms with Crippen LogP contribution in [0, 0.1) is 20.8 Å². The van der Waals surface area contributed by atoms with Crippen LogP contribution in [0.3, 0.4) is 0 Å². The molecule has 176 valence electrons. The number of nitrogens with zero attached hydrogens (tertiary/aromatic N) is 4. The number of ether oxygens (including phenoxy) is 1. The van der Waals surface area contributed by atoms with Crippen molar-refractivity contribution in [1.82, 2.24) is 14.5 Å². The summed E-state index contributed by atoms with van der Waals surface area (Å²) in [5.41, 5.74) is 3.57. The fourth-order valence-corrected chi connectivity index (χ4v) is 6.34. The summed E-state index contributed by atoms with van der Waals surface area (Å²) in [6.07, 6.45) is 0. The number of aryl methyl sites for hydroxylation is 2. The first kappa shape index (κ1) is 23.5. The molecule has 1 aliphatic heterocycles. The minimum absolute atomic E-state index is 0.0579. The number of hydrogen-bond acceptors (Lipinski definition) is 6. The van der Waals surface area contributed by atoms with Crippen molar-refractivity contribution < 1.29 is 17.9 Å². The van der Waals surface area contributed by atoms with Gasteiger partial charge in [0.1, 0.15) is 14.8 Å². The zero-order chi connectivity index (χ0) is 23.9. The maximum absolute atomic E-state index is 13.4. The fourth-order valence-electron chi connectivity index (χ4n) is 3.79. The van der Waals surface area contributed by atoms with Crippen LogP contribution in [0.5, 0.6) is 0 Å². The average Bonchev–Trinajstić information content (AvgIpc) is 3.33. The Balaban J connectivity index is 1.69. The van der Waals surface area contributed by atoms with Gasteiger partial charge in [0.15, 0.2) is 0 Å². The number of carbonyl (C=O) groups excluding carboxylic acids is 1. The average molecular weight is 489 g/mol. The Morgan fingerprint density at radius 3 is 2.39 bits per heavy atom. The van der Waals surface area contributed by atoms with Gasteiger partial charge in [0.25, 0.3) is 15.9 Å². The molecule has 0 N–H and O–H groups in total. The van der Waals surface area contributed by atoms with E-state index in [-0.39, 0.29) is 10.8 Å². The number of benzene rings is 1. The third kappa shape index (κ3) is 4.30. The predicted molar refractivity (Wildman–Crippen MR) is 129 cm³/mol. The smallest absolute Gasteiger partial charge is 0.266 e. The van der Waals surface area contributed by atoms with Gasteiger partial charge in [-0.05, 0) is 39.0 Å². The Morgan fingerprint density at radius 1 is 1.12 bits per heavy atom. The molecular formula is C23H28N4O4S2. The maximum Gasteiger partial charge on any atom is 0.266 e. The first-order valence-electron chi connectivity index (χ1n) is 10.7. The molecule has 0 radical (unpaired) electrons. The van der Waals surface area contributed by atoms with Gasteiger partial charge >= 0.3 is 0 Å². The minimum atomic E-state index is -3.78. The molecular weight excluding hydrogens is 460 g/mol. The Bertz CT molecular complexity index is 1290. The Morgan fingerprint density at radius 2 is 1.76 bits per heavy atom. The zero-order valence-electron chi connectivity index (χ0n) is 19.5. The van der Waals surface area contributed by atoms with Gasteiger partial charge in [-0.15, -0.1) is 11.3 Å². The molecule has 0 atom stereocenters.